The van der Waals surface area contributed by atoms with Crippen molar-refractivity contribution in [2.75, 3.05) is 49.0 Å². The number of methoxy groups -OCH3 is 2. The minimum atomic E-state index is -1.57. The second kappa shape index (κ2) is 40.0. The predicted molar refractivity (Wildman–Crippen MR) is 427 cm³/mol. The number of amides is 1. The molecule has 5 aliphatic heterocycles. The zero-order valence-electron chi connectivity index (χ0n) is 71.5. The van der Waals surface area contributed by atoms with Gasteiger partial charge in [0.05, 0.1) is 65.3 Å². The number of aliphatic hydroxyl groups excluding tert-OH is 1. The van der Waals surface area contributed by atoms with E-state index in [1.54, 1.807) is 103 Å². The number of aryl methyl sites for hydroxylation is 1. The van der Waals surface area contributed by atoms with Gasteiger partial charge in [-0.15, -0.1) is 0 Å². The second-order valence-corrected chi connectivity index (χ2v) is 33.2. The molecule has 2 aromatic carbocycles. The first-order chi connectivity index (χ1) is 54.3. The van der Waals surface area contributed by atoms with E-state index in [9.17, 15) is 48.3 Å². The molecular formula is C87H127N7O21. The Morgan fingerprint density at radius 2 is 1.17 bits per heavy atom. The van der Waals surface area contributed by atoms with Crippen molar-refractivity contribution in [3.05, 3.63) is 109 Å². The van der Waals surface area contributed by atoms with Crippen LogP contribution in [0.4, 0.5) is 9.59 Å². The number of hydrogen-bond acceptors (Lipinski definition) is 25. The number of aromatic nitrogens is 4. The molecular weight excluding hydrogens is 1480 g/mol. The van der Waals surface area contributed by atoms with Gasteiger partial charge in [0.25, 0.3) is 0 Å². The van der Waals surface area contributed by atoms with Gasteiger partial charge in [0.1, 0.15) is 42.3 Å². The van der Waals surface area contributed by atoms with Crippen molar-refractivity contribution in [3.8, 4) is 11.3 Å². The lowest BCUT2D eigenvalue weighted by molar-refractivity contribution is -0.295. The topological polar surface area (TPSA) is 321 Å². The molecule has 636 valence electrons. The summed E-state index contributed by atoms with van der Waals surface area (Å²) in [6.45, 7) is 28.9. The third-order valence-electron chi connectivity index (χ3n) is 24.5. The molecule has 0 aliphatic carbocycles. The van der Waals surface area contributed by atoms with E-state index >= 15 is 0 Å². The maximum atomic E-state index is 14.8. The van der Waals surface area contributed by atoms with Crippen LogP contribution in [-0.4, -0.2) is 243 Å². The molecule has 0 bridgehead atoms. The summed E-state index contributed by atoms with van der Waals surface area (Å²) in [6, 6.07) is 17.2. The first kappa shape index (κ1) is 92.6. The van der Waals surface area contributed by atoms with Gasteiger partial charge >= 0.3 is 30.1 Å². The number of benzene rings is 2. The van der Waals surface area contributed by atoms with Gasteiger partial charge < -0.3 is 76.5 Å². The van der Waals surface area contributed by atoms with Gasteiger partial charge in [0.15, 0.2) is 47.2 Å². The number of nitrogens with zero attached hydrogens (tertiary/aromatic N) is 7. The maximum absolute atomic E-state index is 14.8. The third kappa shape index (κ3) is 21.0. The van der Waals surface area contributed by atoms with Gasteiger partial charge in [-0.05, 0) is 165 Å². The monoisotopic (exact) mass is 1610 g/mol. The number of Topliss-reactive ketones (excluding diaryl/α,β-unsaturated/α-hetero) is 4. The van der Waals surface area contributed by atoms with Crippen LogP contribution in [0.25, 0.3) is 11.3 Å². The van der Waals surface area contributed by atoms with Crippen molar-refractivity contribution in [3.63, 3.8) is 0 Å². The maximum Gasteiger partial charge on any atom is 0.420 e. The SMILES string of the molecule is CC[C@H]1OC(=O)[C@H](C)C(=O)[C@H](C)[C@@H](OC2O[C@H](C)C[C@H](N(C)C)[C@H]2O)[C@@](C)(OC)C[C@@H](C)C(=O)[C@H](C)[C@H]2N(CCCCn3cnc(-c4ccccc4)c3)C(=O)O[C@]12CC.CC[C@H]1OC(=O)[C@H](C)C(=O)[C@H](C)[C@@H](OC2O[C@H](C)C[C@H](N(C)C)[C@H]2OC(=O)c2ccccc2)[C@@](C)(OC)C[C@@H](C)C(=O)/C(C)=C/[C@]1(CC)OC(=O)n1ccnc1. The number of hydrogen-bond donors (Lipinski definition) is 1. The lowest BCUT2D eigenvalue weighted by Gasteiger charge is -2.47. The van der Waals surface area contributed by atoms with Gasteiger partial charge in [0, 0.05) is 87.1 Å². The van der Waals surface area contributed by atoms with Crippen molar-refractivity contribution in [2.24, 2.45) is 41.4 Å². The van der Waals surface area contributed by atoms with Crippen molar-refractivity contribution in [2.45, 2.75) is 283 Å². The van der Waals surface area contributed by atoms with Crippen molar-refractivity contribution < 1.29 is 100 Å². The van der Waals surface area contributed by atoms with E-state index in [0.717, 1.165) is 22.2 Å². The van der Waals surface area contributed by atoms with Gasteiger partial charge in [-0.25, -0.2) is 28.9 Å². The average molecular weight is 1610 g/mol. The van der Waals surface area contributed by atoms with Crippen LogP contribution in [0, 0.1) is 41.4 Å². The van der Waals surface area contributed by atoms with E-state index in [0.29, 0.717) is 37.9 Å². The Hall–Kier alpha value is -7.93. The van der Waals surface area contributed by atoms with E-state index in [1.165, 1.54) is 46.8 Å². The first-order valence-electron chi connectivity index (χ1n) is 40.9. The van der Waals surface area contributed by atoms with Crippen molar-refractivity contribution >= 4 is 53.2 Å². The Morgan fingerprint density at radius 3 is 1.70 bits per heavy atom. The molecule has 4 fully saturated rings. The van der Waals surface area contributed by atoms with E-state index < -0.39 is 161 Å². The molecule has 28 heteroatoms. The van der Waals surface area contributed by atoms with Crippen LogP contribution in [0.3, 0.4) is 0 Å². The highest BCUT2D eigenvalue weighted by molar-refractivity contribution is 6.01. The second-order valence-electron chi connectivity index (χ2n) is 33.2. The number of likely N-dealkylation sites (N-methyl/N-ethyl adjacent to an activating group) is 2. The molecule has 7 heterocycles. The van der Waals surface area contributed by atoms with Crippen LogP contribution in [0.1, 0.15) is 185 Å². The number of ketones is 4. The fraction of sp³-hybridized carbons (Fsp3) is 0.667. The number of cyclic esters (lactones) is 2. The van der Waals surface area contributed by atoms with Crippen LogP contribution in [0.15, 0.2) is 104 Å². The highest BCUT2D eigenvalue weighted by Gasteiger charge is 2.62. The Labute approximate surface area is 678 Å². The van der Waals surface area contributed by atoms with Crippen LogP contribution in [-0.2, 0) is 87.4 Å². The number of aliphatic hydroxyl groups is 1. The molecule has 4 saturated heterocycles. The van der Waals surface area contributed by atoms with E-state index in [2.05, 4.69) is 9.97 Å². The van der Waals surface area contributed by atoms with Crippen LogP contribution in [0.5, 0.6) is 0 Å². The number of fused-ring (bicyclic) bond motifs is 1. The van der Waals surface area contributed by atoms with Crippen LogP contribution < -0.4 is 0 Å². The lowest BCUT2D eigenvalue weighted by atomic mass is 9.72. The first-order valence-corrected chi connectivity index (χ1v) is 40.9. The lowest BCUT2D eigenvalue weighted by Crippen LogP contribution is -2.61. The Morgan fingerprint density at radius 1 is 0.643 bits per heavy atom. The highest BCUT2D eigenvalue weighted by atomic mass is 16.7. The Balaban J connectivity index is 0.000000288. The fourth-order valence-electron chi connectivity index (χ4n) is 17.7. The summed E-state index contributed by atoms with van der Waals surface area (Å²) in [5, 5.41) is 11.5. The van der Waals surface area contributed by atoms with E-state index in [-0.39, 0.29) is 80.0 Å². The molecule has 5 aliphatic rings. The number of allylic oxidation sites excluding steroid dienone is 1. The molecule has 24 atom stereocenters. The highest BCUT2D eigenvalue weighted by Crippen LogP contribution is 2.46. The number of ether oxygens (including phenoxy) is 11. The number of unbranched alkanes of at least 4 members (excludes halogenated alkanes) is 1. The molecule has 9 rings (SSSR count). The molecule has 115 heavy (non-hydrogen) atoms. The van der Waals surface area contributed by atoms with E-state index in [4.69, 9.17) is 52.1 Å². The van der Waals surface area contributed by atoms with Crippen LogP contribution >= 0.6 is 0 Å². The average Bonchev–Trinajstić information content (AvgIpc) is 1.60. The molecule has 1 N–H and O–H groups in total. The summed E-state index contributed by atoms with van der Waals surface area (Å²) >= 11 is 0. The molecule has 28 nitrogen and oxygen atoms in total. The molecule has 0 spiro atoms. The molecule has 2 aromatic heterocycles. The smallest absolute Gasteiger partial charge is 0.420 e. The third-order valence-corrected chi connectivity index (χ3v) is 24.5. The van der Waals surface area contributed by atoms with Crippen molar-refractivity contribution in [1.82, 2.24) is 33.8 Å². The standard InChI is InChI=1S/C45H68N4O10.C42H59N3O11/c1-12-35-45(13-2)39(49(43(54)59-45)22-18-17-21-48-25-33(46-26-48)32-19-15-14-16-20-32)29(5)36(50)27(3)24-44(8,55-11)40(30(6)37(51)31(7)41(53)57-35)58-42-38(52)34(47(9)10)23-28(4)56-42;1-12-32-42(13-2,56-40(50)45-20-19-43-24-45)23-26(4)33(46)25(3)22-41(8,51-11)36(28(6)34(47)29(7)37(48)53-32)55-39-35(31(44(9)10)21-27(5)52-39)54-38(49)30-17-15-14-16-18-30/h14-16,19-20,25-31,34-35,38-40,42,52H,12-13,17-18,21-24H2,1-11H3;14-20,23-25,27-29,31-32,35-36,39H,12-13,21-22H2,1-11H3/b;26-23+/t27-,28-,29+,30+,31-,34+,35-,38-,39-,40-,42?,44+,45-;25-,27-,28+,29-,31+,32-,35-,36-,39?,41+,42+/m11/s1. The summed E-state index contributed by atoms with van der Waals surface area (Å²) in [5.74, 6) is -10.1. The largest absolute Gasteiger partial charge is 0.457 e. The molecule has 0 radical (unpaired) electrons. The number of rotatable bonds is 21. The fourth-order valence-corrected chi connectivity index (χ4v) is 17.7. The van der Waals surface area contributed by atoms with Gasteiger partial charge in [0.2, 0.25) is 0 Å². The summed E-state index contributed by atoms with van der Waals surface area (Å²) in [7, 11) is 10.5. The number of esters is 3. The number of imidazole rings is 2. The number of carbonyl (C=O) groups excluding carboxylic acids is 9. The molecule has 4 aromatic rings. The quantitative estimate of drug-likeness (QED) is 0.0350. The van der Waals surface area contributed by atoms with E-state index in [1.807, 2.05) is 121 Å². The summed E-state index contributed by atoms with van der Waals surface area (Å²) in [6.07, 6.45) is 2.68. The Bertz CT molecular complexity index is 3970. The zero-order chi connectivity index (χ0) is 84.9. The minimum Gasteiger partial charge on any atom is -0.457 e. The summed E-state index contributed by atoms with van der Waals surface area (Å²) < 4.78 is 72.4. The summed E-state index contributed by atoms with van der Waals surface area (Å²) in [5.41, 5.74) is -2.97. The molecule has 2 unspecified atom stereocenters. The van der Waals surface area contributed by atoms with Crippen LogP contribution in [0.2, 0.25) is 0 Å². The van der Waals surface area contributed by atoms with Crippen molar-refractivity contribution in [1.29, 1.82) is 0 Å². The van der Waals surface area contributed by atoms with Gasteiger partial charge in [-0.1, -0.05) is 111 Å². The van der Waals surface area contributed by atoms with Gasteiger partial charge in [-0.2, -0.15) is 0 Å². The molecule has 1 amide bonds. The minimum absolute atomic E-state index is 0.0770. The molecule has 0 saturated carbocycles. The normalized spacial score (nSPS) is 35.4. The Kier molecular flexibility index (Phi) is 32.2. The van der Waals surface area contributed by atoms with Gasteiger partial charge in [-0.3, -0.25) is 28.8 Å². The predicted octanol–water partition coefficient (Wildman–Crippen LogP) is 11.7. The summed E-state index contributed by atoms with van der Waals surface area (Å²) in [4.78, 5) is 141. The number of carbonyl (C=O) groups is 9. The zero-order valence-corrected chi connectivity index (χ0v) is 71.5.